The van der Waals surface area contributed by atoms with Gasteiger partial charge >= 0.3 is 0 Å². The van der Waals surface area contributed by atoms with Crippen molar-refractivity contribution in [2.75, 3.05) is 11.1 Å². The molecule has 0 saturated carbocycles. The topological polar surface area (TPSA) is 57.8 Å². The summed E-state index contributed by atoms with van der Waals surface area (Å²) in [5, 5.41) is 4.22. The molecule has 0 fully saturated rings. The van der Waals surface area contributed by atoms with E-state index in [2.05, 4.69) is 31.2 Å². The van der Waals surface area contributed by atoms with E-state index in [1.807, 2.05) is 37.3 Å². The highest BCUT2D eigenvalue weighted by Crippen LogP contribution is 2.23. The fourth-order valence-electron chi connectivity index (χ4n) is 2.03. The average molecular weight is 411 g/mol. The molecular weight excluding hydrogens is 398 g/mol. The minimum absolute atomic E-state index is 0.0794. The van der Waals surface area contributed by atoms with Crippen molar-refractivity contribution >= 4 is 61.9 Å². The molecule has 2 N–H and O–H groups in total. The SMILES string of the molecule is Cc1ccc(NC(=O)CSc2nc3ccc(Cl)cc3[nH]2)cc1Br. The number of nitrogens with one attached hydrogen (secondary N) is 2. The summed E-state index contributed by atoms with van der Waals surface area (Å²) < 4.78 is 0.970. The summed E-state index contributed by atoms with van der Waals surface area (Å²) in [6.45, 7) is 2.00. The number of hydrogen-bond acceptors (Lipinski definition) is 3. The van der Waals surface area contributed by atoms with E-state index in [0.717, 1.165) is 26.8 Å². The number of anilines is 1. The molecule has 4 nitrogen and oxygen atoms in total. The first-order chi connectivity index (χ1) is 11.0. The highest BCUT2D eigenvalue weighted by molar-refractivity contribution is 9.10. The zero-order valence-corrected chi connectivity index (χ0v) is 15.3. The number of aromatic nitrogens is 2. The molecule has 0 radical (unpaired) electrons. The van der Waals surface area contributed by atoms with Gasteiger partial charge in [-0.05, 0) is 42.8 Å². The number of amides is 1. The van der Waals surface area contributed by atoms with Crippen LogP contribution in [0.25, 0.3) is 11.0 Å². The summed E-state index contributed by atoms with van der Waals surface area (Å²) in [5.74, 6) is 0.197. The number of imidazole rings is 1. The number of benzene rings is 2. The van der Waals surface area contributed by atoms with Gasteiger partial charge in [0.2, 0.25) is 5.91 Å². The predicted octanol–water partition coefficient (Wildman–Crippen LogP) is 5.02. The number of aromatic amines is 1. The summed E-state index contributed by atoms with van der Waals surface area (Å²) in [7, 11) is 0. The first-order valence-electron chi connectivity index (χ1n) is 6.85. The molecule has 1 aromatic heterocycles. The van der Waals surface area contributed by atoms with Crippen LogP contribution in [0.5, 0.6) is 0 Å². The maximum atomic E-state index is 12.0. The Labute approximate surface area is 151 Å². The molecule has 0 aliphatic rings. The van der Waals surface area contributed by atoms with Gasteiger partial charge in [-0.15, -0.1) is 0 Å². The highest BCUT2D eigenvalue weighted by Gasteiger charge is 2.08. The van der Waals surface area contributed by atoms with E-state index >= 15 is 0 Å². The number of carbonyl (C=O) groups is 1. The third-order valence-corrected chi connectivity index (χ3v) is 5.18. The summed E-state index contributed by atoms with van der Waals surface area (Å²) >= 11 is 10.8. The lowest BCUT2D eigenvalue weighted by atomic mass is 10.2. The molecule has 3 aromatic rings. The molecule has 0 aliphatic carbocycles. The minimum Gasteiger partial charge on any atom is -0.333 e. The zero-order valence-electron chi connectivity index (χ0n) is 12.2. The van der Waals surface area contributed by atoms with Crippen molar-refractivity contribution in [2.24, 2.45) is 0 Å². The highest BCUT2D eigenvalue weighted by atomic mass is 79.9. The fraction of sp³-hybridized carbons (Fsp3) is 0.125. The Morgan fingerprint density at radius 2 is 2.17 bits per heavy atom. The van der Waals surface area contributed by atoms with Crippen molar-refractivity contribution in [1.29, 1.82) is 0 Å². The number of fused-ring (bicyclic) bond motifs is 1. The number of aryl methyl sites for hydroxylation is 1. The third-order valence-electron chi connectivity index (χ3n) is 3.22. The average Bonchev–Trinajstić information content (AvgIpc) is 2.91. The maximum Gasteiger partial charge on any atom is 0.234 e. The minimum atomic E-state index is -0.0794. The Morgan fingerprint density at radius 3 is 2.96 bits per heavy atom. The van der Waals surface area contributed by atoms with Crippen LogP contribution in [0.15, 0.2) is 46.0 Å². The largest absolute Gasteiger partial charge is 0.333 e. The number of nitrogens with zero attached hydrogens (tertiary/aromatic N) is 1. The number of halogens is 2. The molecule has 0 aliphatic heterocycles. The Hall–Kier alpha value is -1.50. The number of thioether (sulfide) groups is 1. The van der Waals surface area contributed by atoms with E-state index in [1.54, 1.807) is 6.07 Å². The van der Waals surface area contributed by atoms with Crippen LogP contribution >= 0.6 is 39.3 Å². The standard InChI is InChI=1S/C16H13BrClN3OS/c1-9-2-4-11(7-12(9)17)19-15(22)8-23-16-20-13-5-3-10(18)6-14(13)21-16/h2-7H,8H2,1H3,(H,19,22)(H,20,21). The molecule has 0 saturated heterocycles. The summed E-state index contributed by atoms with van der Waals surface area (Å²) in [6.07, 6.45) is 0. The van der Waals surface area contributed by atoms with Crippen LogP contribution in [0.1, 0.15) is 5.56 Å². The lowest BCUT2D eigenvalue weighted by Gasteiger charge is -2.06. The fourth-order valence-corrected chi connectivity index (χ4v) is 3.26. The number of H-pyrrole nitrogens is 1. The normalized spacial score (nSPS) is 10.9. The molecule has 0 spiro atoms. The molecule has 7 heteroatoms. The molecule has 0 atom stereocenters. The molecule has 1 heterocycles. The van der Waals surface area contributed by atoms with Gasteiger partial charge in [-0.25, -0.2) is 4.98 Å². The van der Waals surface area contributed by atoms with Crippen LogP contribution in [0.4, 0.5) is 5.69 Å². The molecule has 1 amide bonds. The second kappa shape index (κ2) is 6.95. The van der Waals surface area contributed by atoms with Gasteiger partial charge in [0.25, 0.3) is 0 Å². The monoisotopic (exact) mass is 409 g/mol. The lowest BCUT2D eigenvalue weighted by Crippen LogP contribution is -2.14. The Balaban J connectivity index is 1.62. The van der Waals surface area contributed by atoms with Crippen LogP contribution in [0.2, 0.25) is 5.02 Å². The number of rotatable bonds is 4. The van der Waals surface area contributed by atoms with Crippen LogP contribution in [-0.2, 0) is 4.79 Å². The molecule has 2 aromatic carbocycles. The van der Waals surface area contributed by atoms with Gasteiger partial charge in [-0.1, -0.05) is 45.4 Å². The van der Waals surface area contributed by atoms with E-state index in [1.165, 1.54) is 11.8 Å². The van der Waals surface area contributed by atoms with Gasteiger partial charge in [-0.2, -0.15) is 0 Å². The van der Waals surface area contributed by atoms with E-state index in [-0.39, 0.29) is 11.7 Å². The number of carbonyl (C=O) groups excluding carboxylic acids is 1. The smallest absolute Gasteiger partial charge is 0.234 e. The van der Waals surface area contributed by atoms with Crippen molar-refractivity contribution in [3.8, 4) is 0 Å². The van der Waals surface area contributed by atoms with Crippen molar-refractivity contribution in [2.45, 2.75) is 12.1 Å². The van der Waals surface area contributed by atoms with E-state index in [0.29, 0.717) is 10.2 Å². The molecule has 23 heavy (non-hydrogen) atoms. The molecular formula is C16H13BrClN3OS. The Bertz CT molecular complexity index is 881. The van der Waals surface area contributed by atoms with Crippen LogP contribution < -0.4 is 5.32 Å². The van der Waals surface area contributed by atoms with Gasteiger partial charge < -0.3 is 10.3 Å². The zero-order chi connectivity index (χ0) is 16.4. The summed E-state index contributed by atoms with van der Waals surface area (Å²) in [6, 6.07) is 11.2. The Morgan fingerprint density at radius 1 is 1.35 bits per heavy atom. The van der Waals surface area contributed by atoms with Crippen molar-refractivity contribution in [3.63, 3.8) is 0 Å². The second-order valence-corrected chi connectivity index (χ2v) is 7.26. The summed E-state index contributed by atoms with van der Waals surface area (Å²) in [4.78, 5) is 19.6. The van der Waals surface area contributed by atoms with Crippen LogP contribution in [-0.4, -0.2) is 21.6 Å². The molecule has 0 bridgehead atoms. The van der Waals surface area contributed by atoms with Gasteiger partial charge in [0, 0.05) is 15.2 Å². The molecule has 3 rings (SSSR count). The molecule has 118 valence electrons. The quantitative estimate of drug-likeness (QED) is 0.594. The first-order valence-corrected chi connectivity index (χ1v) is 9.01. The third kappa shape index (κ3) is 4.07. The van der Waals surface area contributed by atoms with E-state index in [4.69, 9.17) is 11.6 Å². The van der Waals surface area contributed by atoms with Gasteiger partial charge in [-0.3, -0.25) is 4.79 Å². The van der Waals surface area contributed by atoms with E-state index < -0.39 is 0 Å². The van der Waals surface area contributed by atoms with Crippen molar-refractivity contribution in [3.05, 3.63) is 51.5 Å². The van der Waals surface area contributed by atoms with Gasteiger partial charge in [0.15, 0.2) is 5.16 Å². The predicted molar refractivity (Wildman–Crippen MR) is 99.3 cm³/mol. The number of hydrogen-bond donors (Lipinski definition) is 2. The van der Waals surface area contributed by atoms with Gasteiger partial charge in [0.05, 0.1) is 16.8 Å². The Kier molecular flexibility index (Phi) is 4.94. The van der Waals surface area contributed by atoms with E-state index in [9.17, 15) is 4.79 Å². The van der Waals surface area contributed by atoms with Crippen molar-refractivity contribution in [1.82, 2.24) is 9.97 Å². The first kappa shape index (κ1) is 16.4. The van der Waals surface area contributed by atoms with Crippen LogP contribution in [0, 0.1) is 6.92 Å². The van der Waals surface area contributed by atoms with Crippen LogP contribution in [0.3, 0.4) is 0 Å². The second-order valence-electron chi connectivity index (χ2n) is 5.00. The maximum absolute atomic E-state index is 12.0. The molecule has 0 unspecified atom stereocenters. The summed E-state index contributed by atoms with van der Waals surface area (Å²) in [5.41, 5.74) is 3.59. The lowest BCUT2D eigenvalue weighted by molar-refractivity contribution is -0.113. The van der Waals surface area contributed by atoms with Crippen molar-refractivity contribution < 1.29 is 4.79 Å². The van der Waals surface area contributed by atoms with Gasteiger partial charge in [0.1, 0.15) is 0 Å².